The van der Waals surface area contributed by atoms with Crippen molar-refractivity contribution in [3.63, 3.8) is 0 Å². The van der Waals surface area contributed by atoms with Gasteiger partial charge in [-0.15, -0.1) is 0 Å². The summed E-state index contributed by atoms with van der Waals surface area (Å²) in [6.07, 6.45) is 1.85. The highest BCUT2D eigenvalue weighted by molar-refractivity contribution is 6.13. The van der Waals surface area contributed by atoms with Crippen LogP contribution in [-0.4, -0.2) is 24.1 Å². The summed E-state index contributed by atoms with van der Waals surface area (Å²) in [5.41, 5.74) is 13.2. The third-order valence-electron chi connectivity index (χ3n) is 10.6. The molecular weight excluding hydrogens is 659 g/mol. The average Bonchev–Trinajstić information content (AvgIpc) is 3.76. The van der Waals surface area contributed by atoms with Crippen molar-refractivity contribution >= 4 is 54.6 Å². The molecule has 54 heavy (non-hydrogen) atoms. The lowest BCUT2D eigenvalue weighted by molar-refractivity contribution is 1.08. The highest BCUT2D eigenvalue weighted by Crippen LogP contribution is 2.39. The van der Waals surface area contributed by atoms with Gasteiger partial charge in [-0.25, -0.2) is 15.0 Å². The molecule has 0 unspecified atom stereocenters. The van der Waals surface area contributed by atoms with Crippen LogP contribution in [-0.2, 0) is 0 Å². The van der Waals surface area contributed by atoms with E-state index in [1.165, 1.54) is 21.8 Å². The molecular formula is C49H31N5. The Morgan fingerprint density at radius 2 is 0.889 bits per heavy atom. The van der Waals surface area contributed by atoms with Gasteiger partial charge in [0.15, 0.2) is 5.82 Å². The summed E-state index contributed by atoms with van der Waals surface area (Å²) in [6, 6.07) is 64.1. The second-order valence-electron chi connectivity index (χ2n) is 13.7. The number of nitrogens with zero attached hydrogens (tertiary/aromatic N) is 5. The molecule has 7 aromatic carbocycles. The van der Waals surface area contributed by atoms with Crippen molar-refractivity contribution in [2.45, 2.75) is 0 Å². The molecule has 4 heterocycles. The van der Waals surface area contributed by atoms with Crippen molar-refractivity contribution in [2.75, 3.05) is 0 Å². The second kappa shape index (κ2) is 12.1. The molecule has 0 radical (unpaired) electrons. The zero-order valence-electron chi connectivity index (χ0n) is 29.1. The van der Waals surface area contributed by atoms with Gasteiger partial charge in [-0.3, -0.25) is 4.57 Å². The van der Waals surface area contributed by atoms with Gasteiger partial charge >= 0.3 is 0 Å². The highest BCUT2D eigenvalue weighted by atomic mass is 15.1. The average molecular weight is 690 g/mol. The Kier molecular flexibility index (Phi) is 6.79. The Hall–Kier alpha value is -7.37. The standard InChI is InChI=1S/C49H31N5/c1-4-14-32(15-5-1)46-47(33-16-6-2-7-17-33)52-48-41(51-46)28-29-50-49(48)54-43-23-13-11-21-38(43)40-30-34(25-27-44(40)54)35-24-26-39-37-20-10-12-22-42(37)53(45(39)31-35)36-18-8-3-9-19-36/h1-31H. The zero-order valence-corrected chi connectivity index (χ0v) is 29.1. The lowest BCUT2D eigenvalue weighted by Crippen LogP contribution is -2.03. The lowest BCUT2D eigenvalue weighted by Gasteiger charge is -2.14. The molecule has 5 heteroatoms. The van der Waals surface area contributed by atoms with Crippen LogP contribution in [0.2, 0.25) is 0 Å². The van der Waals surface area contributed by atoms with Gasteiger partial charge in [0.1, 0.15) is 5.52 Å². The fourth-order valence-electron chi connectivity index (χ4n) is 8.11. The van der Waals surface area contributed by atoms with Crippen LogP contribution in [0.5, 0.6) is 0 Å². The van der Waals surface area contributed by atoms with Gasteiger partial charge in [-0.05, 0) is 59.7 Å². The van der Waals surface area contributed by atoms with Crippen LogP contribution in [0.15, 0.2) is 188 Å². The fourth-order valence-corrected chi connectivity index (χ4v) is 8.11. The molecule has 0 aliphatic carbocycles. The molecule has 0 saturated carbocycles. The van der Waals surface area contributed by atoms with Crippen molar-refractivity contribution in [1.82, 2.24) is 24.1 Å². The summed E-state index contributed by atoms with van der Waals surface area (Å²) in [5.74, 6) is 0.754. The van der Waals surface area contributed by atoms with Crippen LogP contribution >= 0.6 is 0 Å². The van der Waals surface area contributed by atoms with Gasteiger partial charge in [-0.1, -0.05) is 133 Å². The topological polar surface area (TPSA) is 48.5 Å². The van der Waals surface area contributed by atoms with Gasteiger partial charge in [0.25, 0.3) is 0 Å². The molecule has 0 aliphatic heterocycles. The van der Waals surface area contributed by atoms with Gasteiger partial charge in [0.2, 0.25) is 0 Å². The van der Waals surface area contributed by atoms with Crippen molar-refractivity contribution in [2.24, 2.45) is 0 Å². The molecule has 252 valence electrons. The van der Waals surface area contributed by atoms with E-state index < -0.39 is 0 Å². The van der Waals surface area contributed by atoms with Crippen LogP contribution in [0.25, 0.3) is 99.8 Å². The van der Waals surface area contributed by atoms with Crippen LogP contribution in [0, 0.1) is 0 Å². The number of aromatic nitrogens is 5. The Morgan fingerprint density at radius 1 is 0.352 bits per heavy atom. The summed E-state index contributed by atoms with van der Waals surface area (Å²) in [5, 5.41) is 4.80. The van der Waals surface area contributed by atoms with E-state index in [9.17, 15) is 0 Å². The predicted octanol–water partition coefficient (Wildman–Crippen LogP) is 12.2. The first-order chi connectivity index (χ1) is 26.8. The molecule has 0 atom stereocenters. The number of para-hydroxylation sites is 3. The summed E-state index contributed by atoms with van der Waals surface area (Å²) < 4.78 is 4.62. The van der Waals surface area contributed by atoms with E-state index in [1.807, 2.05) is 48.7 Å². The quantitative estimate of drug-likeness (QED) is 0.181. The second-order valence-corrected chi connectivity index (χ2v) is 13.7. The molecule has 0 bridgehead atoms. The van der Waals surface area contributed by atoms with Crippen LogP contribution in [0.4, 0.5) is 0 Å². The van der Waals surface area contributed by atoms with E-state index in [2.05, 4.69) is 149 Å². The number of rotatable bonds is 5. The smallest absolute Gasteiger partial charge is 0.165 e. The molecule has 0 fully saturated rings. The molecule has 0 amide bonds. The number of hydrogen-bond donors (Lipinski definition) is 0. The molecule has 0 aliphatic rings. The molecule has 5 nitrogen and oxygen atoms in total. The minimum Gasteiger partial charge on any atom is -0.309 e. The van der Waals surface area contributed by atoms with Crippen molar-refractivity contribution in [3.05, 3.63) is 188 Å². The minimum absolute atomic E-state index is 0.752. The predicted molar refractivity (Wildman–Crippen MR) is 222 cm³/mol. The van der Waals surface area contributed by atoms with Crippen LogP contribution in [0.3, 0.4) is 0 Å². The summed E-state index contributed by atoms with van der Waals surface area (Å²) in [7, 11) is 0. The van der Waals surface area contributed by atoms with Crippen molar-refractivity contribution < 1.29 is 0 Å². The highest BCUT2D eigenvalue weighted by Gasteiger charge is 2.20. The Bertz CT molecular complexity index is 3200. The summed E-state index contributed by atoms with van der Waals surface area (Å²) in [4.78, 5) is 15.7. The molecule has 4 aromatic heterocycles. The number of fused-ring (bicyclic) bond motifs is 7. The van der Waals surface area contributed by atoms with Crippen LogP contribution < -0.4 is 0 Å². The molecule has 0 spiro atoms. The molecule has 0 saturated heterocycles. The molecule has 11 aromatic rings. The van der Waals surface area contributed by atoms with Gasteiger partial charge < -0.3 is 4.57 Å². The lowest BCUT2D eigenvalue weighted by atomic mass is 10.0. The van der Waals surface area contributed by atoms with Crippen molar-refractivity contribution in [1.29, 1.82) is 0 Å². The SMILES string of the molecule is c1ccc(-c2nc3ccnc(-n4c5ccccc5c5cc(-c6ccc7c8ccccc8n(-c8ccccc8)c7c6)ccc54)c3nc2-c2ccccc2)cc1. The number of pyridine rings is 1. The van der Waals surface area contributed by atoms with Crippen molar-refractivity contribution in [3.8, 4) is 45.1 Å². The molecule has 0 N–H and O–H groups in total. The van der Waals surface area contributed by atoms with E-state index in [-0.39, 0.29) is 0 Å². The first-order valence-corrected chi connectivity index (χ1v) is 18.2. The zero-order chi connectivity index (χ0) is 35.6. The number of benzene rings is 7. The van der Waals surface area contributed by atoms with Gasteiger partial charge in [0.05, 0.1) is 39.0 Å². The summed E-state index contributed by atoms with van der Waals surface area (Å²) >= 11 is 0. The van der Waals surface area contributed by atoms with E-state index in [0.717, 1.165) is 78.0 Å². The Labute approximate surface area is 311 Å². The molecule has 11 rings (SSSR count). The number of hydrogen-bond acceptors (Lipinski definition) is 3. The minimum atomic E-state index is 0.752. The third-order valence-corrected chi connectivity index (χ3v) is 10.6. The third kappa shape index (κ3) is 4.69. The van der Waals surface area contributed by atoms with E-state index in [1.54, 1.807) is 0 Å². The normalized spacial score (nSPS) is 11.7. The van der Waals surface area contributed by atoms with E-state index >= 15 is 0 Å². The monoisotopic (exact) mass is 689 g/mol. The summed E-state index contributed by atoms with van der Waals surface area (Å²) in [6.45, 7) is 0. The fraction of sp³-hybridized carbons (Fsp3) is 0. The van der Waals surface area contributed by atoms with E-state index in [4.69, 9.17) is 15.0 Å². The van der Waals surface area contributed by atoms with Gasteiger partial charge in [-0.2, -0.15) is 0 Å². The first kappa shape index (κ1) is 30.3. The van der Waals surface area contributed by atoms with Gasteiger partial charge in [0, 0.05) is 44.6 Å². The largest absolute Gasteiger partial charge is 0.309 e. The maximum atomic E-state index is 5.39. The maximum Gasteiger partial charge on any atom is 0.165 e. The Morgan fingerprint density at radius 3 is 1.61 bits per heavy atom. The van der Waals surface area contributed by atoms with Crippen LogP contribution in [0.1, 0.15) is 0 Å². The van der Waals surface area contributed by atoms with E-state index in [0.29, 0.717) is 0 Å². The Balaban J connectivity index is 1.13. The maximum absolute atomic E-state index is 5.39. The first-order valence-electron chi connectivity index (χ1n) is 18.2.